The van der Waals surface area contributed by atoms with E-state index in [0.29, 0.717) is 6.07 Å². The van der Waals surface area contributed by atoms with Gasteiger partial charge in [0.15, 0.2) is 0 Å². The summed E-state index contributed by atoms with van der Waals surface area (Å²) in [4.78, 5) is 4.13. The summed E-state index contributed by atoms with van der Waals surface area (Å²) in [6.45, 7) is 2.00. The summed E-state index contributed by atoms with van der Waals surface area (Å²) in [7, 11) is -4.16. The van der Waals surface area contributed by atoms with Gasteiger partial charge < -0.3 is 0 Å². The van der Waals surface area contributed by atoms with Crippen molar-refractivity contribution < 1.29 is 21.6 Å². The van der Waals surface area contributed by atoms with Crippen molar-refractivity contribution in [3.63, 3.8) is 0 Å². The van der Waals surface area contributed by atoms with Crippen molar-refractivity contribution in [2.75, 3.05) is 4.72 Å². The van der Waals surface area contributed by atoms with Crippen LogP contribution < -0.4 is 4.72 Å². The number of alkyl halides is 3. The molecule has 0 amide bonds. The maximum absolute atomic E-state index is 12.9. The van der Waals surface area contributed by atoms with Gasteiger partial charge in [0.2, 0.25) is 0 Å². The van der Waals surface area contributed by atoms with E-state index in [1.807, 2.05) is 25.1 Å². The van der Waals surface area contributed by atoms with Crippen LogP contribution in [0.1, 0.15) is 11.1 Å². The molecule has 4 nitrogen and oxygen atoms in total. The maximum atomic E-state index is 12.9. The fourth-order valence-corrected chi connectivity index (χ4v) is 5.06. The van der Waals surface area contributed by atoms with E-state index in [-0.39, 0.29) is 5.69 Å². The number of aromatic nitrogens is 1. The lowest BCUT2D eigenvalue weighted by Crippen LogP contribution is -2.14. The van der Waals surface area contributed by atoms with E-state index in [1.165, 1.54) is 11.3 Å². The minimum Gasteiger partial charge on any atom is -0.280 e. The molecule has 0 fully saturated rings. The molecule has 1 aromatic heterocycles. The zero-order chi connectivity index (χ0) is 21.5. The summed E-state index contributed by atoms with van der Waals surface area (Å²) >= 11 is 1.53. The summed E-state index contributed by atoms with van der Waals surface area (Å²) in [5, 5.41) is 0.794. The van der Waals surface area contributed by atoms with Gasteiger partial charge in [-0.1, -0.05) is 12.1 Å². The molecule has 0 bridgehead atoms. The first kappa shape index (κ1) is 20.4. The average Bonchev–Trinajstić information content (AvgIpc) is 3.11. The molecular formula is C21H15F3N2O2S2. The van der Waals surface area contributed by atoms with Crippen LogP contribution in [0, 0.1) is 6.92 Å². The lowest BCUT2D eigenvalue weighted by molar-refractivity contribution is -0.137. The second-order valence-corrected chi connectivity index (χ2v) is 9.41. The molecule has 4 aromatic rings. The number of nitrogens with one attached hydrogen (secondary N) is 1. The van der Waals surface area contributed by atoms with Gasteiger partial charge in [-0.05, 0) is 67.1 Å². The fraction of sp³-hybridized carbons (Fsp3) is 0.0952. The van der Waals surface area contributed by atoms with Crippen molar-refractivity contribution in [2.45, 2.75) is 18.0 Å². The summed E-state index contributed by atoms with van der Waals surface area (Å²) in [6, 6.07) is 16.1. The molecule has 0 saturated carbocycles. The van der Waals surface area contributed by atoms with Gasteiger partial charge in [0.25, 0.3) is 10.0 Å². The smallest absolute Gasteiger partial charge is 0.280 e. The SMILES string of the molecule is Cc1ccc2nc(-c3ccc(NS(=O)(=O)c4cccc(C(F)(F)F)c4)cc3)sc2c1. The third kappa shape index (κ3) is 4.17. The third-order valence-electron chi connectivity index (χ3n) is 4.40. The van der Waals surface area contributed by atoms with Crippen molar-refractivity contribution in [2.24, 2.45) is 0 Å². The largest absolute Gasteiger partial charge is 0.416 e. The van der Waals surface area contributed by atoms with E-state index in [9.17, 15) is 21.6 Å². The molecule has 0 spiro atoms. The Morgan fingerprint density at radius 2 is 1.70 bits per heavy atom. The van der Waals surface area contributed by atoms with Crippen molar-refractivity contribution in [1.82, 2.24) is 4.98 Å². The minimum absolute atomic E-state index is 0.244. The molecule has 154 valence electrons. The molecule has 4 rings (SSSR count). The molecule has 3 aromatic carbocycles. The number of nitrogens with zero attached hydrogens (tertiary/aromatic N) is 1. The number of hydrogen-bond donors (Lipinski definition) is 1. The monoisotopic (exact) mass is 448 g/mol. The Labute approximate surface area is 175 Å². The van der Waals surface area contributed by atoms with E-state index in [2.05, 4.69) is 9.71 Å². The van der Waals surface area contributed by atoms with E-state index >= 15 is 0 Å². The number of halogens is 3. The number of sulfonamides is 1. The molecule has 0 aliphatic rings. The molecule has 0 saturated heterocycles. The molecule has 30 heavy (non-hydrogen) atoms. The van der Waals surface area contributed by atoms with Crippen molar-refractivity contribution >= 4 is 37.3 Å². The van der Waals surface area contributed by atoms with Gasteiger partial charge in [-0.2, -0.15) is 13.2 Å². The molecule has 0 aliphatic heterocycles. The predicted octanol–water partition coefficient (Wildman–Crippen LogP) is 6.09. The Kier molecular flexibility index (Phi) is 5.03. The van der Waals surface area contributed by atoms with Gasteiger partial charge in [-0.15, -0.1) is 11.3 Å². The summed E-state index contributed by atoms with van der Waals surface area (Å²) < 4.78 is 67.0. The van der Waals surface area contributed by atoms with Gasteiger partial charge in [-0.25, -0.2) is 13.4 Å². The highest BCUT2D eigenvalue weighted by molar-refractivity contribution is 7.92. The Bertz CT molecular complexity index is 1330. The van der Waals surface area contributed by atoms with Crippen molar-refractivity contribution in [3.05, 3.63) is 77.9 Å². The van der Waals surface area contributed by atoms with Crippen LogP contribution in [-0.2, 0) is 16.2 Å². The first-order valence-electron chi connectivity index (χ1n) is 8.79. The fourth-order valence-electron chi connectivity index (χ4n) is 2.89. The molecule has 0 radical (unpaired) electrons. The number of hydrogen-bond acceptors (Lipinski definition) is 4. The number of aryl methyl sites for hydroxylation is 1. The highest BCUT2D eigenvalue weighted by Gasteiger charge is 2.31. The molecule has 1 heterocycles. The molecule has 0 unspecified atom stereocenters. The van der Waals surface area contributed by atoms with Crippen molar-refractivity contribution in [3.8, 4) is 10.6 Å². The summed E-state index contributed by atoms with van der Waals surface area (Å²) in [5.74, 6) is 0. The summed E-state index contributed by atoms with van der Waals surface area (Å²) in [6.07, 6.45) is -4.62. The highest BCUT2D eigenvalue weighted by Crippen LogP contribution is 2.33. The van der Waals surface area contributed by atoms with E-state index in [4.69, 9.17) is 0 Å². The lowest BCUT2D eigenvalue weighted by Gasteiger charge is -2.11. The first-order chi connectivity index (χ1) is 14.1. The van der Waals surface area contributed by atoms with Gasteiger partial charge >= 0.3 is 6.18 Å². The van der Waals surface area contributed by atoms with Crippen LogP contribution in [0.3, 0.4) is 0 Å². The van der Waals surface area contributed by atoms with Crippen LogP contribution >= 0.6 is 11.3 Å². The molecule has 0 atom stereocenters. The van der Waals surface area contributed by atoms with Crippen LogP contribution in [0.5, 0.6) is 0 Å². The number of fused-ring (bicyclic) bond motifs is 1. The number of benzene rings is 3. The van der Waals surface area contributed by atoms with E-state index < -0.39 is 26.7 Å². The Balaban J connectivity index is 1.58. The van der Waals surface area contributed by atoms with Crippen LogP contribution in [0.4, 0.5) is 18.9 Å². The van der Waals surface area contributed by atoms with Crippen LogP contribution in [0.2, 0.25) is 0 Å². The maximum Gasteiger partial charge on any atom is 0.416 e. The lowest BCUT2D eigenvalue weighted by atomic mass is 10.2. The van der Waals surface area contributed by atoms with Gasteiger partial charge in [0.05, 0.1) is 20.7 Å². The molecule has 9 heteroatoms. The standard InChI is InChI=1S/C21H15F3N2O2S2/c1-13-5-10-18-19(11-13)29-20(25-18)14-6-8-16(9-7-14)26-30(27,28)17-4-2-3-15(12-17)21(22,23)24/h2-12,26H,1H3. The van der Waals surface area contributed by atoms with Crippen LogP contribution in [0.15, 0.2) is 71.6 Å². The zero-order valence-electron chi connectivity index (χ0n) is 15.6. The Hall–Kier alpha value is -2.91. The van der Waals surface area contributed by atoms with Gasteiger partial charge in [0, 0.05) is 11.3 Å². The van der Waals surface area contributed by atoms with Crippen molar-refractivity contribution in [1.29, 1.82) is 0 Å². The second kappa shape index (κ2) is 7.41. The number of rotatable bonds is 4. The molecule has 1 N–H and O–H groups in total. The van der Waals surface area contributed by atoms with E-state index in [1.54, 1.807) is 24.3 Å². The molecule has 0 aliphatic carbocycles. The Morgan fingerprint density at radius 1 is 0.967 bits per heavy atom. The summed E-state index contributed by atoms with van der Waals surface area (Å²) in [5.41, 5.74) is 2.06. The van der Waals surface area contributed by atoms with Crippen LogP contribution in [-0.4, -0.2) is 13.4 Å². The second-order valence-electron chi connectivity index (χ2n) is 6.70. The minimum atomic E-state index is -4.62. The third-order valence-corrected chi connectivity index (χ3v) is 6.85. The normalized spacial score (nSPS) is 12.3. The average molecular weight is 448 g/mol. The highest BCUT2D eigenvalue weighted by atomic mass is 32.2. The van der Waals surface area contributed by atoms with Gasteiger partial charge in [0.1, 0.15) is 5.01 Å². The number of thiazole rings is 1. The topological polar surface area (TPSA) is 59.1 Å². The Morgan fingerprint density at radius 3 is 2.40 bits per heavy atom. The quantitative estimate of drug-likeness (QED) is 0.411. The molecular weight excluding hydrogens is 433 g/mol. The zero-order valence-corrected chi connectivity index (χ0v) is 17.2. The number of anilines is 1. The van der Waals surface area contributed by atoms with Crippen LogP contribution in [0.25, 0.3) is 20.8 Å². The predicted molar refractivity (Wildman–Crippen MR) is 112 cm³/mol. The van der Waals surface area contributed by atoms with E-state index in [0.717, 1.165) is 44.6 Å². The van der Waals surface area contributed by atoms with Gasteiger partial charge in [-0.3, -0.25) is 4.72 Å². The first-order valence-corrected chi connectivity index (χ1v) is 11.1.